The molecule has 162 valence electrons. The highest BCUT2D eigenvalue weighted by Crippen LogP contribution is 2.42. The number of likely N-dealkylation sites (N-methyl/N-ethyl adjacent to an activating group) is 1. The minimum Gasteiger partial charge on any atom is -0.315 e. The van der Waals surface area contributed by atoms with Gasteiger partial charge in [-0.05, 0) is 37.3 Å². The SMILES string of the molecule is CC1=C(C#N)[C@@H](c2ccc(C#N)cc2[N+](=O)[O-])N(C)C(=O)N1c1cccc(C(F)(F)F)c1. The van der Waals surface area contributed by atoms with E-state index in [0.29, 0.717) is 0 Å². The standard InChI is InChI=1S/C21H14F3N5O3/c1-12-17(11-26)19(16-7-6-13(10-25)8-18(16)29(31)32)27(2)20(30)28(12)15-5-3-4-14(9-15)21(22,23)24/h3-9,19H,1-2H3/t19-/m1/s1. The van der Waals surface area contributed by atoms with Crippen LogP contribution in [0.2, 0.25) is 0 Å². The first-order valence-electron chi connectivity index (χ1n) is 9.04. The predicted molar refractivity (Wildman–Crippen MR) is 106 cm³/mol. The van der Waals surface area contributed by atoms with E-state index >= 15 is 0 Å². The molecule has 0 saturated heterocycles. The van der Waals surface area contributed by atoms with Gasteiger partial charge in [-0.3, -0.25) is 15.0 Å². The van der Waals surface area contributed by atoms with Crippen molar-refractivity contribution in [2.75, 3.05) is 11.9 Å². The first-order chi connectivity index (χ1) is 15.0. The summed E-state index contributed by atoms with van der Waals surface area (Å²) in [5.41, 5.74) is -1.52. The van der Waals surface area contributed by atoms with Gasteiger partial charge in [-0.15, -0.1) is 0 Å². The van der Waals surface area contributed by atoms with Gasteiger partial charge in [0.25, 0.3) is 5.69 Å². The maximum absolute atomic E-state index is 13.2. The highest BCUT2D eigenvalue weighted by Gasteiger charge is 2.41. The molecule has 0 bridgehead atoms. The Balaban J connectivity index is 2.21. The normalized spacial score (nSPS) is 16.6. The monoisotopic (exact) mass is 441 g/mol. The van der Waals surface area contributed by atoms with Crippen molar-refractivity contribution in [3.05, 3.63) is 80.5 Å². The summed E-state index contributed by atoms with van der Waals surface area (Å²) in [5.74, 6) is 0. The summed E-state index contributed by atoms with van der Waals surface area (Å²) in [7, 11) is 1.29. The molecule has 32 heavy (non-hydrogen) atoms. The average Bonchev–Trinajstić information content (AvgIpc) is 2.75. The van der Waals surface area contributed by atoms with Gasteiger partial charge in [0.1, 0.15) is 6.04 Å². The first-order valence-corrected chi connectivity index (χ1v) is 9.04. The lowest BCUT2D eigenvalue weighted by molar-refractivity contribution is -0.385. The highest BCUT2D eigenvalue weighted by atomic mass is 19.4. The van der Waals surface area contributed by atoms with Crippen molar-refractivity contribution in [2.24, 2.45) is 0 Å². The van der Waals surface area contributed by atoms with Crippen LogP contribution >= 0.6 is 0 Å². The molecule has 0 aliphatic carbocycles. The quantitative estimate of drug-likeness (QED) is 0.497. The van der Waals surface area contributed by atoms with E-state index < -0.39 is 34.4 Å². The summed E-state index contributed by atoms with van der Waals surface area (Å²) in [4.78, 5) is 26.0. The van der Waals surface area contributed by atoms with E-state index in [1.165, 1.54) is 32.2 Å². The molecule has 1 aliphatic heterocycles. The van der Waals surface area contributed by atoms with E-state index in [1.807, 2.05) is 6.07 Å². The lowest BCUT2D eigenvalue weighted by Gasteiger charge is -2.39. The molecule has 3 rings (SSSR count). The highest BCUT2D eigenvalue weighted by molar-refractivity contribution is 5.97. The number of allylic oxidation sites excluding steroid dienone is 1. The number of urea groups is 1. The average molecular weight is 441 g/mol. The van der Waals surface area contributed by atoms with Gasteiger partial charge in [0.05, 0.1) is 45.0 Å². The molecular weight excluding hydrogens is 427 g/mol. The summed E-state index contributed by atoms with van der Waals surface area (Å²) < 4.78 is 39.4. The Labute approximate surface area is 180 Å². The summed E-state index contributed by atoms with van der Waals surface area (Å²) in [6, 6.07) is 9.51. The number of nitrogens with zero attached hydrogens (tertiary/aromatic N) is 5. The number of nitro benzene ring substituents is 1. The Hall–Kier alpha value is -4.38. The number of alkyl halides is 3. The molecule has 1 atom stereocenters. The van der Waals surface area contributed by atoms with Gasteiger partial charge in [-0.2, -0.15) is 23.7 Å². The number of halogens is 3. The molecule has 2 aromatic rings. The van der Waals surface area contributed by atoms with Crippen LogP contribution in [0.3, 0.4) is 0 Å². The summed E-state index contributed by atoms with van der Waals surface area (Å²) in [6.07, 6.45) is -4.64. The van der Waals surface area contributed by atoms with E-state index in [1.54, 1.807) is 6.07 Å². The number of benzene rings is 2. The molecule has 0 fully saturated rings. The Morgan fingerprint density at radius 1 is 1.12 bits per heavy atom. The minimum absolute atomic E-state index is 0.00411. The van der Waals surface area contributed by atoms with Crippen molar-refractivity contribution in [1.29, 1.82) is 10.5 Å². The molecule has 1 aliphatic rings. The first kappa shape index (κ1) is 22.3. The molecule has 0 spiro atoms. The fourth-order valence-corrected chi connectivity index (χ4v) is 3.56. The summed E-state index contributed by atoms with van der Waals surface area (Å²) in [5, 5.41) is 30.4. The minimum atomic E-state index is -4.64. The van der Waals surface area contributed by atoms with Gasteiger partial charge in [-0.25, -0.2) is 4.79 Å². The molecule has 2 amide bonds. The molecule has 0 unspecified atom stereocenters. The molecule has 2 aromatic carbocycles. The lowest BCUT2D eigenvalue weighted by atomic mass is 9.92. The zero-order valence-corrected chi connectivity index (χ0v) is 16.7. The fourth-order valence-electron chi connectivity index (χ4n) is 3.56. The number of carbonyl (C=O) groups excluding carboxylic acids is 1. The fraction of sp³-hybridized carbons (Fsp3) is 0.190. The molecule has 0 N–H and O–H groups in total. The molecule has 11 heteroatoms. The van der Waals surface area contributed by atoms with Crippen LogP contribution in [0.4, 0.5) is 29.3 Å². The van der Waals surface area contributed by atoms with Crippen LogP contribution in [0.25, 0.3) is 0 Å². The smallest absolute Gasteiger partial charge is 0.315 e. The number of anilines is 1. The summed E-state index contributed by atoms with van der Waals surface area (Å²) in [6.45, 7) is 1.38. The molecule has 0 aromatic heterocycles. The van der Waals surface area contributed by atoms with Gasteiger partial charge in [0.2, 0.25) is 0 Å². The van der Waals surface area contributed by atoms with Gasteiger partial charge in [0, 0.05) is 18.8 Å². The zero-order valence-electron chi connectivity index (χ0n) is 16.7. The molecule has 8 nitrogen and oxygen atoms in total. The van der Waals surface area contributed by atoms with Crippen LogP contribution in [0.15, 0.2) is 53.7 Å². The van der Waals surface area contributed by atoms with Crippen LogP contribution < -0.4 is 4.90 Å². The van der Waals surface area contributed by atoms with E-state index in [9.17, 15) is 33.3 Å². The van der Waals surface area contributed by atoms with Gasteiger partial charge in [-0.1, -0.05) is 6.07 Å². The number of nitriles is 2. The van der Waals surface area contributed by atoms with E-state index in [0.717, 1.165) is 34.1 Å². The topological polar surface area (TPSA) is 114 Å². The van der Waals surface area contributed by atoms with Crippen LogP contribution in [-0.2, 0) is 6.18 Å². The Morgan fingerprint density at radius 3 is 2.38 bits per heavy atom. The second-order valence-corrected chi connectivity index (χ2v) is 6.93. The predicted octanol–water partition coefficient (Wildman–Crippen LogP) is 4.90. The van der Waals surface area contributed by atoms with Crippen LogP contribution in [0.1, 0.15) is 29.7 Å². The zero-order chi connectivity index (χ0) is 23.8. The maximum Gasteiger partial charge on any atom is 0.416 e. The van der Waals surface area contributed by atoms with Crippen molar-refractivity contribution in [2.45, 2.75) is 19.1 Å². The van der Waals surface area contributed by atoms with Crippen LogP contribution in [0.5, 0.6) is 0 Å². The number of amides is 2. The van der Waals surface area contributed by atoms with Crippen molar-refractivity contribution < 1.29 is 22.9 Å². The molecule has 1 heterocycles. The van der Waals surface area contributed by atoms with Gasteiger partial charge in [0.15, 0.2) is 0 Å². The molecule has 0 radical (unpaired) electrons. The third-order valence-electron chi connectivity index (χ3n) is 5.08. The Bertz CT molecular complexity index is 1240. The molecular formula is C21H14F3N5O3. The third-order valence-corrected chi connectivity index (χ3v) is 5.08. The molecule has 0 saturated carbocycles. The lowest BCUT2D eigenvalue weighted by Crippen LogP contribution is -2.47. The number of carbonyl (C=O) groups is 1. The van der Waals surface area contributed by atoms with E-state index in [-0.39, 0.29) is 28.1 Å². The van der Waals surface area contributed by atoms with Crippen LogP contribution in [0, 0.1) is 32.8 Å². The van der Waals surface area contributed by atoms with Crippen LogP contribution in [-0.4, -0.2) is 22.9 Å². The van der Waals surface area contributed by atoms with Gasteiger partial charge < -0.3 is 4.90 Å². The number of hydrogen-bond acceptors (Lipinski definition) is 5. The van der Waals surface area contributed by atoms with Crippen molar-refractivity contribution >= 4 is 17.4 Å². The Kier molecular flexibility index (Phi) is 5.60. The van der Waals surface area contributed by atoms with Gasteiger partial charge >= 0.3 is 12.2 Å². The van der Waals surface area contributed by atoms with E-state index in [4.69, 9.17) is 5.26 Å². The summed E-state index contributed by atoms with van der Waals surface area (Å²) >= 11 is 0. The van der Waals surface area contributed by atoms with Crippen molar-refractivity contribution in [1.82, 2.24) is 4.90 Å². The Morgan fingerprint density at radius 2 is 1.81 bits per heavy atom. The number of nitro groups is 1. The largest absolute Gasteiger partial charge is 0.416 e. The number of rotatable bonds is 3. The second-order valence-electron chi connectivity index (χ2n) is 6.93. The third kappa shape index (κ3) is 3.72. The second kappa shape index (κ2) is 8.04. The van der Waals surface area contributed by atoms with E-state index in [2.05, 4.69) is 0 Å². The number of hydrogen-bond donors (Lipinski definition) is 0. The maximum atomic E-state index is 13.2. The van der Waals surface area contributed by atoms with Crippen molar-refractivity contribution in [3.63, 3.8) is 0 Å². The van der Waals surface area contributed by atoms with Crippen molar-refractivity contribution in [3.8, 4) is 12.1 Å².